The maximum Gasteiger partial charge on any atom is 0.334 e. The van der Waals surface area contributed by atoms with Crippen LogP contribution in [0, 0.1) is 5.92 Å². The second kappa shape index (κ2) is 15.0. The van der Waals surface area contributed by atoms with Gasteiger partial charge in [-0.05, 0) is 51.9 Å². The van der Waals surface area contributed by atoms with E-state index >= 15 is 0 Å². The molecule has 0 aliphatic carbocycles. The van der Waals surface area contributed by atoms with Crippen molar-refractivity contribution in [3.8, 4) is 0 Å². The molecule has 5 aliphatic rings. The largest absolute Gasteiger partial charge is 0.450 e. The van der Waals surface area contributed by atoms with Gasteiger partial charge in [0, 0.05) is 38.5 Å². The van der Waals surface area contributed by atoms with Crippen LogP contribution in [0.1, 0.15) is 72.1 Å². The summed E-state index contributed by atoms with van der Waals surface area (Å²) in [6, 6.07) is -4.45. The minimum absolute atomic E-state index is 0.0532. The summed E-state index contributed by atoms with van der Waals surface area (Å²) in [7, 11) is 0. The average Bonchev–Trinajstić information content (AvgIpc) is 3.11. The van der Waals surface area contributed by atoms with Gasteiger partial charge in [0.1, 0.15) is 24.2 Å². The van der Waals surface area contributed by atoms with Crippen molar-refractivity contribution >= 4 is 35.5 Å². The zero-order valence-corrected chi connectivity index (χ0v) is 27.8. The molecule has 5 amide bonds. The molecule has 0 bridgehead atoms. The number of hydrogen-bond donors (Lipinski definition) is 7. The molecule has 0 aromatic rings. The van der Waals surface area contributed by atoms with Gasteiger partial charge >= 0.3 is 5.97 Å². The predicted molar refractivity (Wildman–Crippen MR) is 166 cm³/mol. The molecule has 5 rings (SSSR count). The second-order valence-electron chi connectivity index (χ2n) is 13.5. The van der Waals surface area contributed by atoms with Gasteiger partial charge in [-0.3, -0.25) is 44.0 Å². The van der Waals surface area contributed by atoms with Gasteiger partial charge in [-0.15, -0.1) is 0 Å². The standard InChI is InChI=1S/C30H49N9O9/c1-4-17(2)23-28(46)38-21(10-7-13-33-38)26(44)36-19(8-5-11-31-36)25(43)37-20(9-6-12-32-37)27(45)39-22(14-18(41)15-34-39)24(42)35-30(3,16-40)29(47)48-23/h17-23,31-34,40-41H,4-16H2,1-3H3,(H,35,42). The van der Waals surface area contributed by atoms with Crippen molar-refractivity contribution in [3.05, 3.63) is 0 Å². The molecule has 5 saturated heterocycles. The Morgan fingerprint density at radius 2 is 1.23 bits per heavy atom. The minimum atomic E-state index is -2.05. The Balaban J connectivity index is 1.59. The molecule has 0 aromatic carbocycles. The van der Waals surface area contributed by atoms with Gasteiger partial charge in [-0.2, -0.15) is 0 Å². The van der Waals surface area contributed by atoms with Gasteiger partial charge in [0.2, 0.25) is 5.91 Å². The highest BCUT2D eigenvalue weighted by atomic mass is 16.6. The number of rotatable bonds is 3. The number of cyclic esters (lactones) is 1. The highest BCUT2D eigenvalue weighted by Gasteiger charge is 2.50. The summed E-state index contributed by atoms with van der Waals surface area (Å²) in [5.41, 5.74) is 9.81. The Bertz CT molecular complexity index is 1260. The lowest BCUT2D eigenvalue weighted by molar-refractivity contribution is -0.178. The molecule has 0 saturated carbocycles. The molecule has 8 atom stereocenters. The molecule has 18 nitrogen and oxygen atoms in total. The Labute approximate surface area is 279 Å². The van der Waals surface area contributed by atoms with E-state index in [1.54, 1.807) is 13.8 Å². The first-order chi connectivity index (χ1) is 22.9. The summed E-state index contributed by atoms with van der Waals surface area (Å²) in [6.45, 7) is 4.96. The van der Waals surface area contributed by atoms with E-state index in [1.807, 2.05) is 0 Å². The average molecular weight is 680 g/mol. The molecule has 7 N–H and O–H groups in total. The van der Waals surface area contributed by atoms with Gasteiger partial charge in [-0.1, -0.05) is 13.8 Å². The van der Waals surface area contributed by atoms with E-state index in [-0.39, 0.29) is 25.8 Å². The van der Waals surface area contributed by atoms with E-state index < -0.39 is 89.9 Å². The first-order valence-electron chi connectivity index (χ1n) is 17.0. The van der Waals surface area contributed by atoms with Crippen LogP contribution in [0.5, 0.6) is 0 Å². The van der Waals surface area contributed by atoms with Gasteiger partial charge in [-0.25, -0.2) is 26.5 Å². The highest BCUT2D eigenvalue weighted by molar-refractivity contribution is 5.97. The van der Waals surface area contributed by atoms with Crippen LogP contribution in [0.4, 0.5) is 0 Å². The SMILES string of the molecule is CCC(C)C1OC(=O)C(C)(CO)NC(=O)C2CC(O)CNN2C(=O)C2CCCNN2C(=O)C2CCCNN2C(=O)C2CCCNN2C1=O. The number of ether oxygens (including phenoxy) is 1. The number of carbonyl (C=O) groups excluding carboxylic acids is 6. The molecule has 18 heteroatoms. The number of hydrazine groups is 4. The van der Waals surface area contributed by atoms with Crippen LogP contribution in [0.15, 0.2) is 0 Å². The molecule has 268 valence electrons. The Kier molecular flexibility index (Phi) is 11.2. The number of aliphatic hydroxyl groups excluding tert-OH is 2. The number of carbonyl (C=O) groups is 6. The summed E-state index contributed by atoms with van der Waals surface area (Å²) >= 11 is 0. The van der Waals surface area contributed by atoms with Crippen LogP contribution in [-0.2, 0) is 33.5 Å². The summed E-state index contributed by atoms with van der Waals surface area (Å²) in [5.74, 6) is -4.83. The second-order valence-corrected chi connectivity index (χ2v) is 13.5. The Morgan fingerprint density at radius 3 is 1.69 bits per heavy atom. The summed E-state index contributed by atoms with van der Waals surface area (Å²) < 4.78 is 5.77. The van der Waals surface area contributed by atoms with E-state index in [2.05, 4.69) is 27.0 Å². The molecule has 5 heterocycles. The molecule has 8 unspecified atom stereocenters. The first-order valence-corrected chi connectivity index (χ1v) is 17.0. The zero-order valence-electron chi connectivity index (χ0n) is 27.8. The van der Waals surface area contributed by atoms with Crippen molar-refractivity contribution in [1.82, 2.24) is 47.1 Å². The maximum absolute atomic E-state index is 14.3. The molecule has 5 aliphatic heterocycles. The minimum Gasteiger partial charge on any atom is -0.450 e. The van der Waals surface area contributed by atoms with E-state index in [4.69, 9.17) is 4.74 Å². The van der Waals surface area contributed by atoms with Crippen LogP contribution in [-0.4, -0.2) is 140 Å². The van der Waals surface area contributed by atoms with Crippen molar-refractivity contribution in [2.45, 2.75) is 114 Å². The lowest BCUT2D eigenvalue weighted by Crippen LogP contribution is -2.72. The number of β-amino-alcohol motifs (C(OH)–C–C–N with tert-alkyl or cyclic N) is 1. The monoisotopic (exact) mass is 679 g/mol. The van der Waals surface area contributed by atoms with E-state index in [9.17, 15) is 39.0 Å². The van der Waals surface area contributed by atoms with Crippen molar-refractivity contribution in [1.29, 1.82) is 0 Å². The third-order valence-electron chi connectivity index (χ3n) is 9.96. The topological polar surface area (TPSA) is 225 Å². The zero-order chi connectivity index (χ0) is 34.7. The highest BCUT2D eigenvalue weighted by Crippen LogP contribution is 2.26. The number of nitrogens with one attached hydrogen (secondary N) is 5. The number of nitrogens with zero attached hydrogens (tertiary/aromatic N) is 4. The number of esters is 1. The van der Waals surface area contributed by atoms with E-state index in [0.29, 0.717) is 51.7 Å². The summed E-state index contributed by atoms with van der Waals surface area (Å²) in [5, 5.41) is 28.1. The van der Waals surface area contributed by atoms with Gasteiger partial charge < -0.3 is 20.3 Å². The number of aliphatic hydroxyl groups is 2. The molecule has 0 aromatic heterocycles. The van der Waals surface area contributed by atoms with E-state index in [1.165, 1.54) is 22.0 Å². The van der Waals surface area contributed by atoms with E-state index in [0.717, 1.165) is 5.01 Å². The quantitative estimate of drug-likeness (QED) is 0.146. The van der Waals surface area contributed by atoms with Crippen LogP contribution in [0.3, 0.4) is 0 Å². The van der Waals surface area contributed by atoms with Gasteiger partial charge in [0.25, 0.3) is 23.6 Å². The van der Waals surface area contributed by atoms with Crippen molar-refractivity contribution in [2.24, 2.45) is 5.92 Å². The third-order valence-corrected chi connectivity index (χ3v) is 9.96. The number of fused-ring (bicyclic) bond motifs is 4. The normalized spacial score (nSPS) is 35.4. The number of amides is 5. The van der Waals surface area contributed by atoms with Crippen molar-refractivity contribution < 1.29 is 43.7 Å². The van der Waals surface area contributed by atoms with Crippen LogP contribution >= 0.6 is 0 Å². The fourth-order valence-corrected chi connectivity index (χ4v) is 6.81. The van der Waals surface area contributed by atoms with Crippen molar-refractivity contribution in [2.75, 3.05) is 32.8 Å². The lowest BCUT2D eigenvalue weighted by atomic mass is 9.96. The fraction of sp³-hybridized carbons (Fsp3) is 0.800. The predicted octanol–water partition coefficient (Wildman–Crippen LogP) is -3.22. The first kappa shape index (κ1) is 35.9. The fourth-order valence-electron chi connectivity index (χ4n) is 6.81. The van der Waals surface area contributed by atoms with Gasteiger partial charge in [0.15, 0.2) is 11.6 Å². The Hall–Kier alpha value is -3.42. The smallest absolute Gasteiger partial charge is 0.334 e. The van der Waals surface area contributed by atoms with Gasteiger partial charge in [0.05, 0.1) is 12.7 Å². The molecule has 5 fully saturated rings. The molecule has 48 heavy (non-hydrogen) atoms. The Morgan fingerprint density at radius 1 is 0.771 bits per heavy atom. The molecular formula is C30H49N9O9. The van der Waals surface area contributed by atoms with Crippen LogP contribution < -0.4 is 27.0 Å². The maximum atomic E-state index is 14.3. The van der Waals surface area contributed by atoms with Crippen molar-refractivity contribution in [3.63, 3.8) is 0 Å². The molecule has 0 radical (unpaired) electrons. The van der Waals surface area contributed by atoms with Crippen LogP contribution in [0.25, 0.3) is 0 Å². The van der Waals surface area contributed by atoms with Crippen LogP contribution in [0.2, 0.25) is 0 Å². The third kappa shape index (κ3) is 7.00. The summed E-state index contributed by atoms with van der Waals surface area (Å²) in [4.78, 5) is 84.5. The lowest BCUT2D eigenvalue weighted by Gasteiger charge is -2.46. The number of hydrogen-bond acceptors (Lipinski definition) is 13. The summed E-state index contributed by atoms with van der Waals surface area (Å²) in [6.07, 6.45) is 0.294. The molecular weight excluding hydrogens is 630 g/mol. The molecule has 0 spiro atoms.